The van der Waals surface area contributed by atoms with Crippen molar-refractivity contribution in [2.75, 3.05) is 24.5 Å². The first-order valence-electron chi connectivity index (χ1n) is 7.95. The lowest BCUT2D eigenvalue weighted by molar-refractivity contribution is 0.246. The van der Waals surface area contributed by atoms with Crippen molar-refractivity contribution in [3.63, 3.8) is 0 Å². The summed E-state index contributed by atoms with van der Waals surface area (Å²) in [4.78, 5) is 2.59. The topological polar surface area (TPSA) is 15.3 Å². The van der Waals surface area contributed by atoms with E-state index in [1.807, 2.05) is 0 Å². The monoisotopic (exact) mass is 336 g/mol. The minimum Gasteiger partial charge on any atom is -0.369 e. The molecule has 1 heterocycles. The van der Waals surface area contributed by atoms with Gasteiger partial charge in [0.25, 0.3) is 0 Å². The van der Waals surface area contributed by atoms with E-state index in [0.29, 0.717) is 5.54 Å². The molecule has 0 atom stereocenters. The normalized spacial score (nSPS) is 22.8. The fourth-order valence-electron chi connectivity index (χ4n) is 3.76. The van der Waals surface area contributed by atoms with E-state index >= 15 is 0 Å². The number of hydrogen-bond donors (Lipinski definition) is 1. The minimum absolute atomic E-state index is 0.360. The molecule has 0 radical (unpaired) electrons. The summed E-state index contributed by atoms with van der Waals surface area (Å²) < 4.78 is 1.24. The van der Waals surface area contributed by atoms with Crippen molar-refractivity contribution >= 4 is 21.6 Å². The molecule has 1 aromatic rings. The Bertz CT molecular complexity index is 466. The molecule has 1 aliphatic carbocycles. The van der Waals surface area contributed by atoms with Gasteiger partial charge in [0.05, 0.1) is 5.69 Å². The summed E-state index contributed by atoms with van der Waals surface area (Å²) in [6, 6.07) is 6.74. The molecular formula is C17H25BrN2. The van der Waals surface area contributed by atoms with Crippen LogP contribution in [0.4, 0.5) is 5.69 Å². The third-order valence-corrected chi connectivity index (χ3v) is 5.49. The second kappa shape index (κ2) is 6.07. The number of anilines is 1. The quantitative estimate of drug-likeness (QED) is 0.824. The zero-order valence-corrected chi connectivity index (χ0v) is 14.0. The molecule has 3 heteroatoms. The fraction of sp³-hybridized carbons (Fsp3) is 0.647. The van der Waals surface area contributed by atoms with Gasteiger partial charge in [0.15, 0.2) is 0 Å². The van der Waals surface area contributed by atoms with Crippen LogP contribution in [0.15, 0.2) is 22.7 Å². The molecule has 0 amide bonds. The molecule has 1 spiro atoms. The van der Waals surface area contributed by atoms with Crippen LogP contribution in [0.5, 0.6) is 0 Å². The number of hydrogen-bond acceptors (Lipinski definition) is 2. The van der Waals surface area contributed by atoms with Crippen molar-refractivity contribution in [3.8, 4) is 0 Å². The summed E-state index contributed by atoms with van der Waals surface area (Å²) >= 11 is 3.76. The summed E-state index contributed by atoms with van der Waals surface area (Å²) in [7, 11) is 0. The zero-order valence-electron chi connectivity index (χ0n) is 12.4. The van der Waals surface area contributed by atoms with Gasteiger partial charge in [0, 0.05) is 23.1 Å². The van der Waals surface area contributed by atoms with Gasteiger partial charge in [-0.1, -0.05) is 25.3 Å². The van der Waals surface area contributed by atoms with Crippen molar-refractivity contribution in [1.82, 2.24) is 5.32 Å². The molecule has 0 bridgehead atoms. The highest BCUT2D eigenvalue weighted by Crippen LogP contribution is 2.34. The van der Waals surface area contributed by atoms with Gasteiger partial charge in [-0.05, 0) is 66.4 Å². The molecule has 110 valence electrons. The highest BCUT2D eigenvalue weighted by atomic mass is 79.9. The van der Waals surface area contributed by atoms with Crippen LogP contribution in [0.25, 0.3) is 0 Å². The first-order valence-corrected chi connectivity index (χ1v) is 8.74. The number of nitrogens with one attached hydrogen (secondary N) is 1. The van der Waals surface area contributed by atoms with Gasteiger partial charge in [0.2, 0.25) is 0 Å². The van der Waals surface area contributed by atoms with Gasteiger partial charge in [-0.25, -0.2) is 0 Å². The molecule has 1 N–H and O–H groups in total. The number of rotatable bonds is 1. The Hall–Kier alpha value is -0.540. The predicted octanol–water partition coefficient (Wildman–Crippen LogP) is 4.26. The Labute approximate surface area is 131 Å². The molecule has 3 rings (SSSR count). The molecule has 1 saturated carbocycles. The first-order chi connectivity index (χ1) is 9.69. The number of benzene rings is 1. The molecule has 2 aliphatic rings. The van der Waals surface area contributed by atoms with Crippen LogP contribution in [0.2, 0.25) is 0 Å². The molecule has 0 unspecified atom stereocenters. The third kappa shape index (κ3) is 3.04. The largest absolute Gasteiger partial charge is 0.369 e. The molecular weight excluding hydrogens is 312 g/mol. The van der Waals surface area contributed by atoms with Crippen LogP contribution in [-0.2, 0) is 0 Å². The molecule has 1 aliphatic heterocycles. The SMILES string of the molecule is Cc1ccc(N2CCCNC3(CCCCC3)C2)c(Br)c1. The van der Waals surface area contributed by atoms with E-state index in [2.05, 4.69) is 51.3 Å². The van der Waals surface area contributed by atoms with Crippen LogP contribution < -0.4 is 10.2 Å². The number of halogens is 1. The van der Waals surface area contributed by atoms with E-state index in [0.717, 1.165) is 13.1 Å². The van der Waals surface area contributed by atoms with E-state index < -0.39 is 0 Å². The molecule has 2 fully saturated rings. The van der Waals surface area contributed by atoms with Crippen LogP contribution in [0.1, 0.15) is 44.1 Å². The summed E-state index contributed by atoms with van der Waals surface area (Å²) in [5.74, 6) is 0. The van der Waals surface area contributed by atoms with Gasteiger partial charge in [-0.2, -0.15) is 0 Å². The maximum absolute atomic E-state index is 3.87. The average Bonchev–Trinajstić information content (AvgIpc) is 2.63. The molecule has 0 aromatic heterocycles. The summed E-state index contributed by atoms with van der Waals surface area (Å²) in [6.07, 6.45) is 8.10. The highest BCUT2D eigenvalue weighted by Gasteiger charge is 2.35. The standard InChI is InChI=1S/C17H25BrN2/c1-14-6-7-16(15(18)12-14)20-11-5-10-19-17(13-20)8-3-2-4-9-17/h6-7,12,19H,2-5,8-11,13H2,1H3. The van der Waals surface area contributed by atoms with Crippen LogP contribution in [-0.4, -0.2) is 25.2 Å². The second-order valence-electron chi connectivity index (χ2n) is 6.50. The Kier molecular flexibility index (Phi) is 4.37. The first kappa shape index (κ1) is 14.4. The van der Waals surface area contributed by atoms with Crippen molar-refractivity contribution in [3.05, 3.63) is 28.2 Å². The predicted molar refractivity (Wildman–Crippen MR) is 89.5 cm³/mol. The Morgan fingerprint density at radius 2 is 1.95 bits per heavy atom. The van der Waals surface area contributed by atoms with E-state index in [1.54, 1.807) is 0 Å². The van der Waals surface area contributed by atoms with E-state index in [1.165, 1.54) is 60.8 Å². The summed E-state index contributed by atoms with van der Waals surface area (Å²) in [6.45, 7) is 5.65. The van der Waals surface area contributed by atoms with Gasteiger partial charge in [-0.15, -0.1) is 0 Å². The number of aryl methyl sites for hydroxylation is 1. The zero-order chi connectivity index (χ0) is 14.0. The molecule has 2 nitrogen and oxygen atoms in total. The number of nitrogens with zero attached hydrogens (tertiary/aromatic N) is 1. The van der Waals surface area contributed by atoms with Crippen LogP contribution >= 0.6 is 15.9 Å². The highest BCUT2D eigenvalue weighted by molar-refractivity contribution is 9.10. The second-order valence-corrected chi connectivity index (χ2v) is 7.35. The van der Waals surface area contributed by atoms with Crippen LogP contribution in [0.3, 0.4) is 0 Å². The van der Waals surface area contributed by atoms with Crippen molar-refractivity contribution in [1.29, 1.82) is 0 Å². The molecule has 1 saturated heterocycles. The van der Waals surface area contributed by atoms with Gasteiger partial charge in [0.1, 0.15) is 0 Å². The van der Waals surface area contributed by atoms with Crippen molar-refractivity contribution in [2.45, 2.75) is 51.0 Å². The molecule has 20 heavy (non-hydrogen) atoms. The van der Waals surface area contributed by atoms with Gasteiger partial charge >= 0.3 is 0 Å². The van der Waals surface area contributed by atoms with Gasteiger partial charge in [-0.3, -0.25) is 0 Å². The van der Waals surface area contributed by atoms with Crippen LogP contribution in [0, 0.1) is 6.92 Å². The Morgan fingerprint density at radius 3 is 2.70 bits per heavy atom. The summed E-state index contributed by atoms with van der Waals surface area (Å²) in [5, 5.41) is 3.87. The smallest absolute Gasteiger partial charge is 0.0511 e. The summed E-state index contributed by atoms with van der Waals surface area (Å²) in [5.41, 5.74) is 3.05. The van der Waals surface area contributed by atoms with Crippen molar-refractivity contribution in [2.24, 2.45) is 0 Å². The van der Waals surface area contributed by atoms with Crippen molar-refractivity contribution < 1.29 is 0 Å². The van der Waals surface area contributed by atoms with E-state index in [-0.39, 0.29) is 0 Å². The third-order valence-electron chi connectivity index (χ3n) is 4.85. The lowest BCUT2D eigenvalue weighted by Gasteiger charge is -2.40. The maximum Gasteiger partial charge on any atom is 0.0511 e. The lowest BCUT2D eigenvalue weighted by Crippen LogP contribution is -2.52. The average molecular weight is 337 g/mol. The minimum atomic E-state index is 0.360. The fourth-order valence-corrected chi connectivity index (χ4v) is 4.51. The van der Waals surface area contributed by atoms with Gasteiger partial charge < -0.3 is 10.2 Å². The Morgan fingerprint density at radius 1 is 1.15 bits per heavy atom. The van der Waals surface area contributed by atoms with E-state index in [4.69, 9.17) is 0 Å². The molecule has 1 aromatic carbocycles. The van der Waals surface area contributed by atoms with E-state index in [9.17, 15) is 0 Å². The maximum atomic E-state index is 3.87. The lowest BCUT2D eigenvalue weighted by atomic mass is 9.81. The Balaban J connectivity index is 1.84.